The molecule has 2 atom stereocenters. The molecule has 22 heavy (non-hydrogen) atoms. The van der Waals surface area contributed by atoms with Gasteiger partial charge in [-0.2, -0.15) is 0 Å². The summed E-state index contributed by atoms with van der Waals surface area (Å²) < 4.78 is 0. The van der Waals surface area contributed by atoms with Crippen LogP contribution in [0.1, 0.15) is 66.4 Å². The fourth-order valence-electron chi connectivity index (χ4n) is 4.83. The summed E-state index contributed by atoms with van der Waals surface area (Å²) in [7, 11) is 0. The van der Waals surface area contributed by atoms with E-state index in [9.17, 15) is 4.79 Å². The second-order valence-electron chi connectivity index (χ2n) is 7.54. The molecule has 2 fully saturated rings. The van der Waals surface area contributed by atoms with Gasteiger partial charge >= 0.3 is 0 Å². The minimum Gasteiger partial charge on any atom is -0.338 e. The molecule has 2 heteroatoms. The molecule has 2 nitrogen and oxygen atoms in total. The van der Waals surface area contributed by atoms with Crippen molar-refractivity contribution in [3.8, 4) is 0 Å². The lowest BCUT2D eigenvalue weighted by Crippen LogP contribution is -2.44. The summed E-state index contributed by atoms with van der Waals surface area (Å²) in [5, 5.41) is 0. The molecule has 0 N–H and O–H groups in total. The van der Waals surface area contributed by atoms with Crippen LogP contribution in [-0.4, -0.2) is 23.9 Å². The standard InChI is InChI=1S/C20H27NO/c22-20(18-10-9-15-5-1-3-7-17(15)13-18)21-12-11-16-6-2-4-8-19(16)14-21/h9-10,13,16,19H,1-8,11-12,14H2/t16-,19-/m1/s1. The van der Waals surface area contributed by atoms with Gasteiger partial charge in [-0.05, 0) is 73.6 Å². The Kier molecular flexibility index (Phi) is 3.94. The van der Waals surface area contributed by atoms with Gasteiger partial charge in [0.1, 0.15) is 0 Å². The summed E-state index contributed by atoms with van der Waals surface area (Å²) in [6.45, 7) is 1.97. The van der Waals surface area contributed by atoms with Crippen molar-refractivity contribution in [2.45, 2.75) is 57.8 Å². The summed E-state index contributed by atoms with van der Waals surface area (Å²) in [5.74, 6) is 1.93. The molecule has 0 bridgehead atoms. The molecule has 0 radical (unpaired) electrons. The topological polar surface area (TPSA) is 20.3 Å². The highest BCUT2D eigenvalue weighted by Gasteiger charge is 2.33. The smallest absolute Gasteiger partial charge is 0.253 e. The molecular weight excluding hydrogens is 270 g/mol. The summed E-state index contributed by atoms with van der Waals surface area (Å²) in [6, 6.07) is 6.46. The first kappa shape index (κ1) is 14.3. The number of carbonyl (C=O) groups is 1. The van der Waals surface area contributed by atoms with Crippen LogP contribution >= 0.6 is 0 Å². The molecule has 4 rings (SSSR count). The molecule has 1 saturated carbocycles. The minimum absolute atomic E-state index is 0.275. The van der Waals surface area contributed by atoms with E-state index >= 15 is 0 Å². The Balaban J connectivity index is 1.49. The summed E-state index contributed by atoms with van der Waals surface area (Å²) in [6.07, 6.45) is 11.6. The number of piperidine rings is 1. The largest absolute Gasteiger partial charge is 0.338 e. The zero-order valence-corrected chi connectivity index (χ0v) is 13.5. The Labute approximate surface area is 133 Å². The molecule has 1 saturated heterocycles. The van der Waals surface area contributed by atoms with Crippen LogP contribution in [0.3, 0.4) is 0 Å². The predicted octanol–water partition coefficient (Wildman–Crippen LogP) is 4.22. The fraction of sp³-hybridized carbons (Fsp3) is 0.650. The number of rotatable bonds is 1. The summed E-state index contributed by atoms with van der Waals surface area (Å²) >= 11 is 0. The van der Waals surface area contributed by atoms with E-state index in [1.807, 2.05) is 0 Å². The number of carbonyl (C=O) groups excluding carboxylic acids is 1. The first-order valence-corrected chi connectivity index (χ1v) is 9.22. The third-order valence-electron chi connectivity index (χ3n) is 6.17. The molecular formula is C20H27NO. The van der Waals surface area contributed by atoms with Crippen LogP contribution in [0.15, 0.2) is 18.2 Å². The van der Waals surface area contributed by atoms with Crippen molar-refractivity contribution in [3.63, 3.8) is 0 Å². The number of benzene rings is 1. The van der Waals surface area contributed by atoms with Gasteiger partial charge in [0, 0.05) is 18.7 Å². The maximum atomic E-state index is 12.9. The Morgan fingerprint density at radius 2 is 1.68 bits per heavy atom. The van der Waals surface area contributed by atoms with Gasteiger partial charge in [-0.15, -0.1) is 0 Å². The highest BCUT2D eigenvalue weighted by molar-refractivity contribution is 5.94. The van der Waals surface area contributed by atoms with Crippen molar-refractivity contribution < 1.29 is 4.79 Å². The van der Waals surface area contributed by atoms with E-state index in [1.54, 1.807) is 0 Å². The van der Waals surface area contributed by atoms with Gasteiger partial charge in [0.05, 0.1) is 0 Å². The van der Waals surface area contributed by atoms with Crippen molar-refractivity contribution in [1.29, 1.82) is 0 Å². The molecule has 118 valence electrons. The van der Waals surface area contributed by atoms with Crippen molar-refractivity contribution >= 4 is 5.91 Å². The van der Waals surface area contributed by atoms with Gasteiger partial charge in [0.25, 0.3) is 5.91 Å². The highest BCUT2D eigenvalue weighted by Crippen LogP contribution is 2.36. The fourth-order valence-corrected chi connectivity index (χ4v) is 4.83. The van der Waals surface area contributed by atoms with Crippen molar-refractivity contribution in [3.05, 3.63) is 34.9 Å². The van der Waals surface area contributed by atoms with E-state index in [4.69, 9.17) is 0 Å². The van der Waals surface area contributed by atoms with Crippen molar-refractivity contribution in [1.82, 2.24) is 4.90 Å². The van der Waals surface area contributed by atoms with E-state index < -0.39 is 0 Å². The SMILES string of the molecule is O=C(c1ccc2c(c1)CCCC2)N1CC[C@H]2CCCC[C@@H]2C1. The van der Waals surface area contributed by atoms with E-state index in [2.05, 4.69) is 23.1 Å². The minimum atomic E-state index is 0.275. The molecule has 1 aliphatic heterocycles. The lowest BCUT2D eigenvalue weighted by atomic mass is 9.75. The Morgan fingerprint density at radius 3 is 2.55 bits per heavy atom. The average Bonchev–Trinajstić information content (AvgIpc) is 2.60. The predicted molar refractivity (Wildman–Crippen MR) is 89.1 cm³/mol. The van der Waals surface area contributed by atoms with Crippen LogP contribution in [0.4, 0.5) is 0 Å². The lowest BCUT2D eigenvalue weighted by Gasteiger charge is -2.41. The van der Waals surface area contributed by atoms with E-state index in [0.29, 0.717) is 0 Å². The number of hydrogen-bond donors (Lipinski definition) is 0. The van der Waals surface area contributed by atoms with E-state index in [0.717, 1.165) is 36.9 Å². The monoisotopic (exact) mass is 297 g/mol. The second-order valence-corrected chi connectivity index (χ2v) is 7.54. The number of nitrogens with zero attached hydrogens (tertiary/aromatic N) is 1. The zero-order chi connectivity index (χ0) is 14.9. The normalized spacial score (nSPS) is 27.9. The maximum absolute atomic E-state index is 12.9. The van der Waals surface area contributed by atoms with Crippen LogP contribution in [0.25, 0.3) is 0 Å². The summed E-state index contributed by atoms with van der Waals surface area (Å²) in [4.78, 5) is 15.0. The van der Waals surface area contributed by atoms with E-state index in [-0.39, 0.29) is 5.91 Å². The molecule has 0 aromatic heterocycles. The van der Waals surface area contributed by atoms with Crippen molar-refractivity contribution in [2.24, 2.45) is 11.8 Å². The van der Waals surface area contributed by atoms with Gasteiger partial charge in [0.2, 0.25) is 0 Å². The first-order valence-electron chi connectivity index (χ1n) is 9.22. The third kappa shape index (κ3) is 2.68. The summed E-state index contributed by atoms with van der Waals surface area (Å²) in [5.41, 5.74) is 3.81. The Morgan fingerprint density at radius 1 is 0.909 bits per heavy atom. The second kappa shape index (κ2) is 6.06. The van der Waals surface area contributed by atoms with Crippen LogP contribution < -0.4 is 0 Å². The van der Waals surface area contributed by atoms with Gasteiger partial charge in [-0.3, -0.25) is 4.79 Å². The van der Waals surface area contributed by atoms with Crippen LogP contribution in [0.5, 0.6) is 0 Å². The molecule has 0 spiro atoms. The van der Waals surface area contributed by atoms with Crippen LogP contribution in [-0.2, 0) is 12.8 Å². The first-order chi connectivity index (χ1) is 10.8. The van der Waals surface area contributed by atoms with Crippen molar-refractivity contribution in [2.75, 3.05) is 13.1 Å². The highest BCUT2D eigenvalue weighted by atomic mass is 16.2. The molecule has 0 unspecified atom stereocenters. The number of hydrogen-bond acceptors (Lipinski definition) is 1. The maximum Gasteiger partial charge on any atom is 0.253 e. The quantitative estimate of drug-likeness (QED) is 0.760. The molecule has 1 heterocycles. The number of fused-ring (bicyclic) bond motifs is 2. The van der Waals surface area contributed by atoms with Gasteiger partial charge < -0.3 is 4.90 Å². The molecule has 1 amide bonds. The molecule has 1 aromatic rings. The van der Waals surface area contributed by atoms with Crippen LogP contribution in [0.2, 0.25) is 0 Å². The zero-order valence-electron chi connectivity index (χ0n) is 13.5. The van der Waals surface area contributed by atoms with Gasteiger partial charge in [-0.1, -0.05) is 25.3 Å². The number of amides is 1. The molecule has 3 aliphatic rings. The van der Waals surface area contributed by atoms with E-state index in [1.165, 1.54) is 62.5 Å². The lowest BCUT2D eigenvalue weighted by molar-refractivity contribution is 0.0521. The van der Waals surface area contributed by atoms with Gasteiger partial charge in [-0.25, -0.2) is 0 Å². The Bertz CT molecular complexity index is 565. The Hall–Kier alpha value is -1.31. The average molecular weight is 297 g/mol. The molecule has 1 aromatic carbocycles. The number of likely N-dealkylation sites (tertiary alicyclic amines) is 1. The van der Waals surface area contributed by atoms with Gasteiger partial charge in [0.15, 0.2) is 0 Å². The van der Waals surface area contributed by atoms with Crippen LogP contribution in [0, 0.1) is 11.8 Å². The number of aryl methyl sites for hydroxylation is 2. The molecule has 2 aliphatic carbocycles. The third-order valence-corrected chi connectivity index (χ3v) is 6.17.